The molecule has 2 nitrogen and oxygen atoms in total. The number of fused-ring (bicyclic) bond motifs is 4. The summed E-state index contributed by atoms with van der Waals surface area (Å²) >= 11 is 1.65. The van der Waals surface area contributed by atoms with Crippen molar-refractivity contribution in [1.29, 1.82) is 0 Å². The molecule has 2 aromatic rings. The molecule has 9 heteroatoms. The summed E-state index contributed by atoms with van der Waals surface area (Å²) < 4.78 is 80.4. The zero-order valence-corrected chi connectivity index (χ0v) is 17.8. The lowest BCUT2D eigenvalue weighted by atomic mass is 9.65. The van der Waals surface area contributed by atoms with E-state index in [1.807, 2.05) is 39.0 Å². The van der Waals surface area contributed by atoms with Gasteiger partial charge in [0.15, 0.2) is 0 Å². The van der Waals surface area contributed by atoms with Crippen molar-refractivity contribution >= 4 is 17.4 Å². The van der Waals surface area contributed by atoms with E-state index in [9.17, 15) is 31.4 Å². The summed E-state index contributed by atoms with van der Waals surface area (Å²) in [5, 5.41) is 13.2. The van der Waals surface area contributed by atoms with E-state index >= 15 is 0 Å². The largest absolute Gasteiger partial charge is 0.430 e. The first kappa shape index (κ1) is 22.3. The molecule has 168 valence electrons. The maximum absolute atomic E-state index is 13.4. The third-order valence-corrected chi connectivity index (χ3v) is 7.95. The molecule has 0 radical (unpaired) electrons. The van der Waals surface area contributed by atoms with Crippen LogP contribution in [0.4, 0.5) is 32.0 Å². The van der Waals surface area contributed by atoms with E-state index in [0.717, 1.165) is 22.1 Å². The summed E-state index contributed by atoms with van der Waals surface area (Å²) in [6.45, 7) is 5.67. The molecule has 0 amide bonds. The van der Waals surface area contributed by atoms with Gasteiger partial charge in [-0.1, -0.05) is 38.1 Å². The minimum absolute atomic E-state index is 0.0700. The van der Waals surface area contributed by atoms with Crippen LogP contribution in [0.2, 0.25) is 0 Å². The van der Waals surface area contributed by atoms with Crippen LogP contribution in [0.25, 0.3) is 0 Å². The lowest BCUT2D eigenvalue weighted by Crippen LogP contribution is -2.54. The monoisotopic (exact) mass is 461 g/mol. The normalized spacial score (nSPS) is 22.8. The summed E-state index contributed by atoms with van der Waals surface area (Å²) in [5.41, 5.74) is -3.88. The van der Waals surface area contributed by atoms with Crippen molar-refractivity contribution in [3.8, 4) is 0 Å². The van der Waals surface area contributed by atoms with Crippen molar-refractivity contribution in [3.05, 3.63) is 58.7 Å². The molecule has 0 fully saturated rings. The van der Waals surface area contributed by atoms with E-state index in [1.54, 1.807) is 11.8 Å². The van der Waals surface area contributed by atoms with Gasteiger partial charge in [0.25, 0.3) is 5.60 Å². The van der Waals surface area contributed by atoms with Crippen LogP contribution in [-0.2, 0) is 11.0 Å². The molecule has 2 aliphatic rings. The number of halogens is 6. The first-order valence-corrected chi connectivity index (χ1v) is 10.7. The Morgan fingerprint density at radius 2 is 1.68 bits per heavy atom. The minimum atomic E-state index is -5.91. The molecule has 0 aliphatic carbocycles. The summed E-state index contributed by atoms with van der Waals surface area (Å²) in [6.07, 6.45) is -11.8. The molecule has 4 rings (SSSR count). The number of aliphatic hydroxyl groups is 1. The molecule has 2 unspecified atom stereocenters. The van der Waals surface area contributed by atoms with Gasteiger partial charge < -0.3 is 10.4 Å². The van der Waals surface area contributed by atoms with Crippen molar-refractivity contribution in [2.45, 2.75) is 55.1 Å². The highest BCUT2D eigenvalue weighted by atomic mass is 32.2. The van der Waals surface area contributed by atoms with E-state index in [1.165, 1.54) is 6.07 Å². The van der Waals surface area contributed by atoms with Gasteiger partial charge in [0.2, 0.25) is 0 Å². The van der Waals surface area contributed by atoms with E-state index < -0.39 is 28.9 Å². The maximum Gasteiger partial charge on any atom is 0.430 e. The van der Waals surface area contributed by atoms with Gasteiger partial charge in [-0.25, -0.2) is 0 Å². The van der Waals surface area contributed by atoms with Gasteiger partial charge in [0.1, 0.15) is 0 Å². The molecular weight excluding hydrogens is 440 g/mol. The molecule has 2 heterocycles. The van der Waals surface area contributed by atoms with Crippen LogP contribution in [0.15, 0.2) is 41.3 Å². The minimum Gasteiger partial charge on any atom is -0.378 e. The van der Waals surface area contributed by atoms with Crippen molar-refractivity contribution in [2.75, 3.05) is 11.1 Å². The Hall–Kier alpha value is -1.87. The number of anilines is 1. The first-order valence-electron chi connectivity index (χ1n) is 9.69. The van der Waals surface area contributed by atoms with Crippen LogP contribution < -0.4 is 5.32 Å². The molecular formula is C22H21F6NOS. The number of hydrogen-bond donors (Lipinski definition) is 2. The number of nitrogens with one attached hydrogen (secondary N) is 1. The number of benzene rings is 2. The highest BCUT2D eigenvalue weighted by Gasteiger charge is 2.71. The highest BCUT2D eigenvalue weighted by Crippen LogP contribution is 2.56. The van der Waals surface area contributed by atoms with Gasteiger partial charge in [-0.15, -0.1) is 11.8 Å². The van der Waals surface area contributed by atoms with Crippen LogP contribution in [0.3, 0.4) is 0 Å². The predicted molar refractivity (Wildman–Crippen MR) is 107 cm³/mol. The molecule has 2 atom stereocenters. The Kier molecular flexibility index (Phi) is 4.91. The zero-order valence-electron chi connectivity index (χ0n) is 16.9. The Morgan fingerprint density at radius 3 is 2.29 bits per heavy atom. The van der Waals surface area contributed by atoms with Crippen molar-refractivity contribution in [1.82, 2.24) is 0 Å². The third kappa shape index (κ3) is 3.15. The molecule has 2 aromatic carbocycles. The second-order valence-electron chi connectivity index (χ2n) is 8.72. The Balaban J connectivity index is 1.86. The van der Waals surface area contributed by atoms with Crippen molar-refractivity contribution in [3.63, 3.8) is 0 Å². The molecule has 31 heavy (non-hydrogen) atoms. The average Bonchev–Trinajstić information content (AvgIpc) is 2.65. The van der Waals surface area contributed by atoms with Gasteiger partial charge in [0, 0.05) is 27.8 Å². The van der Waals surface area contributed by atoms with E-state index in [-0.39, 0.29) is 12.0 Å². The van der Waals surface area contributed by atoms with Gasteiger partial charge in [-0.2, -0.15) is 26.3 Å². The highest BCUT2D eigenvalue weighted by molar-refractivity contribution is 7.99. The van der Waals surface area contributed by atoms with E-state index in [2.05, 4.69) is 5.32 Å². The fourth-order valence-electron chi connectivity index (χ4n) is 4.69. The second kappa shape index (κ2) is 6.81. The molecule has 0 saturated carbocycles. The Bertz CT molecular complexity index is 1020. The summed E-state index contributed by atoms with van der Waals surface area (Å²) in [4.78, 5) is 1.15. The number of rotatable bonds is 1. The summed E-state index contributed by atoms with van der Waals surface area (Å²) in [7, 11) is 0. The van der Waals surface area contributed by atoms with Gasteiger partial charge in [-0.3, -0.25) is 0 Å². The van der Waals surface area contributed by atoms with Gasteiger partial charge in [0.05, 0.1) is 6.04 Å². The average molecular weight is 461 g/mol. The quantitative estimate of drug-likeness (QED) is 0.477. The Morgan fingerprint density at radius 1 is 1.03 bits per heavy atom. The topological polar surface area (TPSA) is 32.3 Å². The lowest BCUT2D eigenvalue weighted by molar-refractivity contribution is -0.376. The fraction of sp³-hybridized carbons (Fsp3) is 0.455. The number of thioether (sulfide) groups is 1. The second-order valence-corrected chi connectivity index (χ2v) is 9.75. The number of hydrogen-bond acceptors (Lipinski definition) is 3. The molecule has 0 saturated heterocycles. The van der Waals surface area contributed by atoms with E-state index in [4.69, 9.17) is 0 Å². The third-order valence-electron chi connectivity index (χ3n) is 6.58. The van der Waals surface area contributed by atoms with E-state index in [0.29, 0.717) is 23.1 Å². The lowest BCUT2D eigenvalue weighted by Gasteiger charge is -2.49. The molecule has 0 spiro atoms. The summed E-state index contributed by atoms with van der Waals surface area (Å²) in [6, 6.07) is 8.61. The van der Waals surface area contributed by atoms with Gasteiger partial charge in [-0.05, 0) is 41.2 Å². The van der Waals surface area contributed by atoms with Crippen LogP contribution in [0, 0.1) is 12.8 Å². The van der Waals surface area contributed by atoms with Crippen LogP contribution in [0.5, 0.6) is 0 Å². The van der Waals surface area contributed by atoms with Crippen LogP contribution in [0.1, 0.15) is 42.1 Å². The smallest absolute Gasteiger partial charge is 0.378 e. The first-order chi connectivity index (χ1) is 14.2. The molecule has 0 bridgehead atoms. The molecule has 2 aliphatic heterocycles. The standard InChI is InChI=1S/C22H21F6NOS/c1-11-5-4-6-13-17-15(10-31-18(11)13)19(2,3)14-9-12(7-8-16(14)29-17)20(30,21(23,24)25)22(26,27)28/h4-9,15,17,29-30H,10H2,1-3H3. The van der Waals surface area contributed by atoms with Crippen molar-refractivity contribution in [2.24, 2.45) is 5.92 Å². The van der Waals surface area contributed by atoms with Gasteiger partial charge >= 0.3 is 12.4 Å². The van der Waals surface area contributed by atoms with Crippen LogP contribution >= 0.6 is 11.8 Å². The predicted octanol–water partition coefficient (Wildman–Crippen LogP) is 6.47. The number of aryl methyl sites for hydroxylation is 1. The van der Waals surface area contributed by atoms with Crippen molar-refractivity contribution < 1.29 is 31.4 Å². The molecule has 2 N–H and O–H groups in total. The summed E-state index contributed by atoms with van der Waals surface area (Å²) in [5.74, 6) is 0.592. The zero-order chi connectivity index (χ0) is 23.0. The SMILES string of the molecule is Cc1cccc2c1SCC1C2Nc2ccc(C(O)(C(F)(F)F)C(F)(F)F)cc2C1(C)C. The number of alkyl halides is 6. The maximum atomic E-state index is 13.4. The Labute approximate surface area is 180 Å². The van der Waals surface area contributed by atoms with Crippen LogP contribution in [-0.4, -0.2) is 23.2 Å². The fourth-order valence-corrected chi connectivity index (χ4v) is 6.30. The molecule has 0 aromatic heterocycles.